The van der Waals surface area contributed by atoms with Crippen LogP contribution < -0.4 is 0 Å². The van der Waals surface area contributed by atoms with E-state index in [0.29, 0.717) is 0 Å². The van der Waals surface area contributed by atoms with E-state index >= 15 is 0 Å². The zero-order valence-corrected chi connectivity index (χ0v) is 8.51. The molecule has 0 N–H and O–H groups in total. The second kappa shape index (κ2) is 3.19. The molecule has 0 bridgehead atoms. The summed E-state index contributed by atoms with van der Waals surface area (Å²) in [5.41, 5.74) is 1.51. The van der Waals surface area contributed by atoms with E-state index < -0.39 is 0 Å². The number of hydrogen-bond donors (Lipinski definition) is 0. The van der Waals surface area contributed by atoms with E-state index in [4.69, 9.17) is 11.6 Å². The van der Waals surface area contributed by atoms with Crippen LogP contribution in [-0.2, 0) is 5.41 Å². The van der Waals surface area contributed by atoms with Gasteiger partial charge in [0.15, 0.2) is 0 Å². The first-order valence-electron chi connectivity index (χ1n) is 4.62. The molecule has 0 nitrogen and oxygen atoms in total. The van der Waals surface area contributed by atoms with Gasteiger partial charge >= 0.3 is 0 Å². The predicted molar refractivity (Wildman–Crippen MR) is 57.2 cm³/mol. The molecular formula is C12H13Cl. The lowest BCUT2D eigenvalue weighted by Gasteiger charge is -2.25. The van der Waals surface area contributed by atoms with Crippen molar-refractivity contribution >= 4 is 11.6 Å². The van der Waals surface area contributed by atoms with Gasteiger partial charge in [0, 0.05) is 10.4 Å². The van der Waals surface area contributed by atoms with Crippen molar-refractivity contribution in [2.75, 3.05) is 0 Å². The van der Waals surface area contributed by atoms with Crippen LogP contribution in [0.25, 0.3) is 0 Å². The van der Waals surface area contributed by atoms with Gasteiger partial charge in [0.2, 0.25) is 0 Å². The summed E-state index contributed by atoms with van der Waals surface area (Å²) in [6.07, 6.45) is 6.69. The molecule has 0 heterocycles. The molecule has 0 aromatic heterocycles. The normalized spacial score (nSPS) is 19.2. The molecule has 1 heteroatoms. The molecule has 2 rings (SSSR count). The van der Waals surface area contributed by atoms with Gasteiger partial charge in [-0.15, -0.1) is 0 Å². The molecule has 0 amide bonds. The minimum absolute atomic E-state index is 0.234. The van der Waals surface area contributed by atoms with Gasteiger partial charge in [0.05, 0.1) is 0 Å². The second-order valence-electron chi connectivity index (χ2n) is 3.92. The first-order chi connectivity index (χ1) is 6.22. The molecule has 68 valence electrons. The van der Waals surface area contributed by atoms with E-state index in [1.807, 2.05) is 12.1 Å². The van der Waals surface area contributed by atoms with Crippen molar-refractivity contribution in [3.8, 4) is 0 Å². The lowest BCUT2D eigenvalue weighted by molar-refractivity contribution is 0.512. The van der Waals surface area contributed by atoms with E-state index in [1.54, 1.807) is 0 Å². The van der Waals surface area contributed by atoms with Gasteiger partial charge in [0.1, 0.15) is 0 Å². The highest BCUT2D eigenvalue weighted by atomic mass is 35.5. The summed E-state index contributed by atoms with van der Waals surface area (Å²) in [4.78, 5) is 0. The van der Waals surface area contributed by atoms with E-state index in [9.17, 15) is 0 Å². The molecule has 0 unspecified atom stereocenters. The molecule has 0 atom stereocenters. The van der Waals surface area contributed by atoms with Gasteiger partial charge < -0.3 is 0 Å². The van der Waals surface area contributed by atoms with Crippen molar-refractivity contribution in [3.63, 3.8) is 0 Å². The Balaban J connectivity index is 2.40. The van der Waals surface area contributed by atoms with Crippen LogP contribution in [0.3, 0.4) is 0 Å². The van der Waals surface area contributed by atoms with Crippen LogP contribution in [0.15, 0.2) is 36.4 Å². The Bertz CT molecular complexity index is 331. The standard InChI is InChI=1S/C12H13Cl/c1-12(8-4-5-9-12)10-6-2-3-7-11(10)13/h2-7H,8-9H2,1H3. The van der Waals surface area contributed by atoms with E-state index in [-0.39, 0.29) is 5.41 Å². The quantitative estimate of drug-likeness (QED) is 0.592. The van der Waals surface area contributed by atoms with Gasteiger partial charge in [-0.25, -0.2) is 0 Å². The van der Waals surface area contributed by atoms with Gasteiger partial charge in [-0.2, -0.15) is 0 Å². The Morgan fingerprint density at radius 2 is 1.77 bits per heavy atom. The minimum Gasteiger partial charge on any atom is -0.0876 e. The van der Waals surface area contributed by atoms with Gasteiger partial charge in [-0.05, 0) is 24.5 Å². The van der Waals surface area contributed by atoms with E-state index in [1.165, 1.54) is 5.56 Å². The maximum absolute atomic E-state index is 6.17. The molecule has 1 aromatic rings. The van der Waals surface area contributed by atoms with Crippen molar-refractivity contribution < 1.29 is 0 Å². The number of halogens is 1. The molecule has 0 saturated carbocycles. The predicted octanol–water partition coefficient (Wildman–Crippen LogP) is 3.95. The van der Waals surface area contributed by atoms with Crippen LogP contribution in [0.4, 0.5) is 0 Å². The number of allylic oxidation sites excluding steroid dienone is 2. The highest BCUT2D eigenvalue weighted by Crippen LogP contribution is 2.39. The minimum atomic E-state index is 0.234. The average Bonchev–Trinajstić information content (AvgIpc) is 2.54. The summed E-state index contributed by atoms with van der Waals surface area (Å²) in [6, 6.07) is 8.15. The van der Waals surface area contributed by atoms with Crippen molar-refractivity contribution in [1.82, 2.24) is 0 Å². The first kappa shape index (κ1) is 8.83. The summed E-state index contributed by atoms with van der Waals surface area (Å²) >= 11 is 6.17. The van der Waals surface area contributed by atoms with Crippen LogP contribution in [-0.4, -0.2) is 0 Å². The maximum atomic E-state index is 6.17. The van der Waals surface area contributed by atoms with Gasteiger partial charge in [-0.1, -0.05) is 48.9 Å². The zero-order valence-electron chi connectivity index (χ0n) is 7.76. The molecule has 13 heavy (non-hydrogen) atoms. The molecule has 0 aliphatic heterocycles. The van der Waals surface area contributed by atoms with E-state index in [2.05, 4.69) is 31.2 Å². The fourth-order valence-electron chi connectivity index (χ4n) is 1.94. The summed E-state index contributed by atoms with van der Waals surface area (Å²) < 4.78 is 0. The molecule has 1 aliphatic carbocycles. The summed E-state index contributed by atoms with van der Waals surface area (Å²) in [7, 11) is 0. The van der Waals surface area contributed by atoms with Crippen molar-refractivity contribution in [3.05, 3.63) is 47.0 Å². The number of hydrogen-bond acceptors (Lipinski definition) is 0. The van der Waals surface area contributed by atoms with Crippen LogP contribution in [0.1, 0.15) is 25.3 Å². The van der Waals surface area contributed by atoms with Crippen LogP contribution >= 0.6 is 11.6 Å². The van der Waals surface area contributed by atoms with Crippen molar-refractivity contribution in [2.45, 2.75) is 25.2 Å². The van der Waals surface area contributed by atoms with Gasteiger partial charge in [0.25, 0.3) is 0 Å². The average molecular weight is 193 g/mol. The Labute approximate surface area is 84.2 Å². The zero-order chi connectivity index (χ0) is 9.31. The fraction of sp³-hybridized carbons (Fsp3) is 0.333. The third kappa shape index (κ3) is 1.51. The monoisotopic (exact) mass is 192 g/mol. The van der Waals surface area contributed by atoms with Crippen molar-refractivity contribution in [2.24, 2.45) is 0 Å². The Morgan fingerprint density at radius 1 is 1.15 bits per heavy atom. The van der Waals surface area contributed by atoms with E-state index in [0.717, 1.165) is 17.9 Å². The third-order valence-corrected chi connectivity index (χ3v) is 3.16. The van der Waals surface area contributed by atoms with Crippen LogP contribution in [0.5, 0.6) is 0 Å². The molecular weight excluding hydrogens is 180 g/mol. The topological polar surface area (TPSA) is 0 Å². The Kier molecular flexibility index (Phi) is 2.17. The van der Waals surface area contributed by atoms with Crippen LogP contribution in [0.2, 0.25) is 5.02 Å². The summed E-state index contributed by atoms with van der Waals surface area (Å²) in [5.74, 6) is 0. The summed E-state index contributed by atoms with van der Waals surface area (Å²) in [6.45, 7) is 2.27. The molecule has 1 aliphatic rings. The number of benzene rings is 1. The first-order valence-corrected chi connectivity index (χ1v) is 5.00. The second-order valence-corrected chi connectivity index (χ2v) is 4.33. The SMILES string of the molecule is CC1(c2ccccc2Cl)CC=CC1. The Hall–Kier alpha value is -0.750. The maximum Gasteiger partial charge on any atom is 0.0443 e. The molecule has 0 radical (unpaired) electrons. The molecule has 0 saturated heterocycles. The lowest BCUT2D eigenvalue weighted by Crippen LogP contribution is -2.17. The largest absolute Gasteiger partial charge is 0.0876 e. The number of rotatable bonds is 1. The van der Waals surface area contributed by atoms with Crippen molar-refractivity contribution in [1.29, 1.82) is 0 Å². The van der Waals surface area contributed by atoms with Gasteiger partial charge in [-0.3, -0.25) is 0 Å². The lowest BCUT2D eigenvalue weighted by atomic mass is 9.80. The smallest absolute Gasteiger partial charge is 0.0443 e. The fourth-order valence-corrected chi connectivity index (χ4v) is 2.30. The third-order valence-electron chi connectivity index (χ3n) is 2.83. The highest BCUT2D eigenvalue weighted by Gasteiger charge is 2.28. The molecule has 1 aromatic carbocycles. The summed E-state index contributed by atoms with van der Waals surface area (Å²) in [5, 5.41) is 0.897. The molecule has 0 spiro atoms. The molecule has 0 fully saturated rings. The van der Waals surface area contributed by atoms with Crippen LogP contribution in [0, 0.1) is 0 Å². The Morgan fingerprint density at radius 3 is 2.38 bits per heavy atom. The highest BCUT2D eigenvalue weighted by molar-refractivity contribution is 6.31.